The summed E-state index contributed by atoms with van der Waals surface area (Å²) in [7, 11) is 3.92. The number of fused-ring (bicyclic) bond motifs is 6. The standard InChI is InChI=1S/C53H71N9O6/c1-30(2)42-31(3)43(42)48(63)56-45-47(60-27-53(28-60)18-11-20-58(53)7)49-55-40(26-67-49)33-14-17-41-37(22-33)38(23-52(5,6)29-68-51(65)39-13-10-21-61(57-39)50(45)64)46(36-12-9-19-54-44(36)32(4)66-8)62(41)35-24-59(25-35)34-15-16-34/h9,12,14,17,19,22,26,30-32,34-35,39,42-43,45,47,57H,10-11,13,15-16,18,20-21,23-25,27-29H2,1-8H3,(H,56,63)/t31-,32+,39+,42+,43+,45+,47+/m1/s1. The first-order chi connectivity index (χ1) is 32.6. The number of oxazole rings is 1. The number of benzene rings is 1. The highest BCUT2D eigenvalue weighted by atomic mass is 16.5. The number of rotatable bonds is 9. The minimum absolute atomic E-state index is 0.0175. The third kappa shape index (κ3) is 7.97. The van der Waals surface area contributed by atoms with Crippen LogP contribution in [0.15, 0.2) is 47.2 Å². The van der Waals surface area contributed by atoms with Crippen LogP contribution in [0.25, 0.3) is 33.4 Å². The van der Waals surface area contributed by atoms with Crippen molar-refractivity contribution in [3.8, 4) is 22.5 Å². The zero-order valence-corrected chi connectivity index (χ0v) is 41.3. The van der Waals surface area contributed by atoms with E-state index in [2.05, 4.69) is 95.9 Å². The van der Waals surface area contributed by atoms with E-state index in [4.69, 9.17) is 23.9 Å². The Hall–Kier alpha value is -4.67. The number of likely N-dealkylation sites (tertiary alicyclic amines) is 3. The van der Waals surface area contributed by atoms with Gasteiger partial charge in [-0.2, -0.15) is 0 Å². The molecule has 7 atom stereocenters. The number of ether oxygens (including phenoxy) is 2. The SMILES string of the molecule is CO[C@@H](C)c1ncccc1-c1c2c3cc(ccc3n1C1CN(C3CC3)C1)-c1coc(n1)[C@@H](N1CC3(CCCN3C)C1)[C@H](NC(=O)[C@H]1[C@H](C)[C@@H]1C(C)C)C(=O)N1CCC[C@H](N1)C(=O)OCC(C)(C)C2. The number of nitrogens with zero attached hydrogens (tertiary/aromatic N) is 7. The highest BCUT2D eigenvalue weighted by Crippen LogP contribution is 2.52. The third-order valence-corrected chi connectivity index (χ3v) is 17.1. The molecule has 68 heavy (non-hydrogen) atoms. The number of carbonyl (C=O) groups is 3. The van der Waals surface area contributed by atoms with Gasteiger partial charge in [-0.25, -0.2) is 10.4 Å². The van der Waals surface area contributed by atoms with Gasteiger partial charge in [-0.15, -0.1) is 0 Å². The predicted molar refractivity (Wildman–Crippen MR) is 258 cm³/mol. The molecule has 5 aliphatic heterocycles. The zero-order valence-electron chi connectivity index (χ0n) is 41.3. The number of likely N-dealkylation sites (N-methyl/N-ethyl adjacent to an activating group) is 1. The van der Waals surface area contributed by atoms with Crippen molar-refractivity contribution >= 4 is 28.7 Å². The largest absolute Gasteiger partial charge is 0.464 e. The lowest BCUT2D eigenvalue weighted by atomic mass is 9.84. The molecule has 6 fully saturated rings. The van der Waals surface area contributed by atoms with Gasteiger partial charge < -0.3 is 23.8 Å². The Morgan fingerprint density at radius 3 is 2.51 bits per heavy atom. The molecule has 4 aromatic rings. The fourth-order valence-electron chi connectivity index (χ4n) is 12.9. The maximum Gasteiger partial charge on any atom is 0.324 e. The van der Waals surface area contributed by atoms with Gasteiger partial charge in [0.25, 0.3) is 5.91 Å². The molecule has 2 aliphatic carbocycles. The average molecular weight is 930 g/mol. The highest BCUT2D eigenvalue weighted by molar-refractivity contribution is 5.95. The van der Waals surface area contributed by atoms with Gasteiger partial charge in [-0.3, -0.25) is 39.1 Å². The van der Waals surface area contributed by atoms with Gasteiger partial charge in [0.2, 0.25) is 11.8 Å². The number of hydrazine groups is 1. The fourth-order valence-corrected chi connectivity index (χ4v) is 12.9. The molecule has 0 unspecified atom stereocenters. The number of carbonyl (C=O) groups excluding carboxylic acids is 3. The molecular weight excluding hydrogens is 859 g/mol. The van der Waals surface area contributed by atoms with Crippen LogP contribution in [0.3, 0.4) is 0 Å². The molecule has 7 aliphatic rings. The Labute approximate surface area is 400 Å². The second-order valence-electron chi connectivity index (χ2n) is 22.7. The number of nitrogens with one attached hydrogen (secondary N) is 2. The van der Waals surface area contributed by atoms with Crippen LogP contribution >= 0.6 is 0 Å². The molecule has 2 saturated carbocycles. The van der Waals surface area contributed by atoms with Crippen LogP contribution in [0, 0.1) is 29.1 Å². The molecule has 364 valence electrons. The number of amides is 2. The number of methoxy groups -OCH3 is 1. The van der Waals surface area contributed by atoms with Gasteiger partial charge in [-0.05, 0) is 113 Å². The first kappa shape index (κ1) is 45.8. The van der Waals surface area contributed by atoms with Crippen molar-refractivity contribution in [1.29, 1.82) is 0 Å². The van der Waals surface area contributed by atoms with Crippen molar-refractivity contribution < 1.29 is 28.3 Å². The molecule has 15 heteroatoms. The second-order valence-corrected chi connectivity index (χ2v) is 22.7. The number of cyclic esters (lactones) is 1. The first-order valence-corrected chi connectivity index (χ1v) is 25.5. The predicted octanol–water partition coefficient (Wildman–Crippen LogP) is 6.55. The molecule has 2 amide bonds. The molecular formula is C53H71N9O6. The van der Waals surface area contributed by atoms with Gasteiger partial charge in [0, 0.05) is 91.0 Å². The summed E-state index contributed by atoms with van der Waals surface area (Å²) < 4.78 is 21.4. The summed E-state index contributed by atoms with van der Waals surface area (Å²) in [4.78, 5) is 61.6. The first-order valence-electron chi connectivity index (χ1n) is 25.5. The second kappa shape index (κ2) is 17.3. The molecule has 3 aromatic heterocycles. The van der Waals surface area contributed by atoms with E-state index in [0.717, 1.165) is 71.5 Å². The van der Waals surface area contributed by atoms with Crippen molar-refractivity contribution in [3.05, 3.63) is 59.9 Å². The zero-order chi connectivity index (χ0) is 47.4. The molecule has 0 radical (unpaired) electrons. The maximum atomic E-state index is 15.3. The van der Waals surface area contributed by atoms with Crippen LogP contribution in [-0.2, 0) is 30.3 Å². The van der Waals surface area contributed by atoms with Gasteiger partial charge >= 0.3 is 5.97 Å². The number of aromatic nitrogens is 3. The van der Waals surface area contributed by atoms with Gasteiger partial charge in [0.05, 0.1) is 30.1 Å². The van der Waals surface area contributed by atoms with E-state index in [-0.39, 0.29) is 53.9 Å². The molecule has 4 saturated heterocycles. The van der Waals surface area contributed by atoms with E-state index in [1.54, 1.807) is 18.4 Å². The van der Waals surface area contributed by atoms with Crippen LogP contribution in [0.4, 0.5) is 0 Å². The van der Waals surface area contributed by atoms with Crippen molar-refractivity contribution in [3.63, 3.8) is 0 Å². The summed E-state index contributed by atoms with van der Waals surface area (Å²) in [6.07, 6.45) is 9.73. The van der Waals surface area contributed by atoms with Crippen molar-refractivity contribution in [2.75, 3.05) is 60.0 Å². The summed E-state index contributed by atoms with van der Waals surface area (Å²) >= 11 is 0. The number of hydrogen-bond donors (Lipinski definition) is 2. The quantitative estimate of drug-likeness (QED) is 0.175. The van der Waals surface area contributed by atoms with Gasteiger partial charge in [0.1, 0.15) is 30.1 Å². The van der Waals surface area contributed by atoms with E-state index >= 15 is 4.79 Å². The number of hydrogen-bond acceptors (Lipinski definition) is 12. The highest BCUT2D eigenvalue weighted by Gasteiger charge is 2.57. The lowest BCUT2D eigenvalue weighted by molar-refractivity contribution is -0.157. The number of esters is 1. The summed E-state index contributed by atoms with van der Waals surface area (Å²) in [5.74, 6) is 0.122. The average Bonchev–Trinajstić information content (AvgIpc) is 4.12. The third-order valence-electron chi connectivity index (χ3n) is 17.1. The van der Waals surface area contributed by atoms with Gasteiger partial charge in [0.15, 0.2) is 0 Å². The van der Waals surface area contributed by atoms with Gasteiger partial charge in [-0.1, -0.05) is 40.7 Å². The normalized spacial score (nSPS) is 29.5. The molecule has 11 rings (SSSR count). The Bertz CT molecular complexity index is 2590. The van der Waals surface area contributed by atoms with Crippen molar-refractivity contribution in [1.82, 2.24) is 45.0 Å². The van der Waals surface area contributed by atoms with Crippen LogP contribution in [0.5, 0.6) is 0 Å². The van der Waals surface area contributed by atoms with Crippen LogP contribution in [0.2, 0.25) is 0 Å². The summed E-state index contributed by atoms with van der Waals surface area (Å²) in [5.41, 5.74) is 9.65. The maximum absolute atomic E-state index is 15.3. The lowest BCUT2D eigenvalue weighted by Crippen LogP contribution is -2.71. The Kier molecular flexibility index (Phi) is 11.7. The van der Waals surface area contributed by atoms with Crippen LogP contribution in [-0.4, -0.2) is 136 Å². The summed E-state index contributed by atoms with van der Waals surface area (Å²) in [5, 5.41) is 5.96. The monoisotopic (exact) mass is 930 g/mol. The number of pyridine rings is 1. The van der Waals surface area contributed by atoms with Crippen molar-refractivity contribution in [2.45, 2.75) is 128 Å². The Morgan fingerprint density at radius 2 is 1.81 bits per heavy atom. The topological polar surface area (TPSA) is 151 Å². The molecule has 6 bridgehead atoms. The molecule has 8 heterocycles. The fraction of sp³-hybridized carbons (Fsp3) is 0.642. The smallest absolute Gasteiger partial charge is 0.324 e. The Morgan fingerprint density at radius 1 is 1.01 bits per heavy atom. The van der Waals surface area contributed by atoms with Crippen LogP contribution in [0.1, 0.15) is 115 Å². The van der Waals surface area contributed by atoms with Crippen molar-refractivity contribution in [2.24, 2.45) is 29.1 Å². The molecule has 2 N–H and O–H groups in total. The molecule has 1 spiro atoms. The Balaban J connectivity index is 1.07. The molecule has 1 aromatic carbocycles. The van der Waals surface area contributed by atoms with Crippen LogP contribution < -0.4 is 10.7 Å². The molecule has 15 nitrogen and oxygen atoms in total. The minimum atomic E-state index is -1.04. The van der Waals surface area contributed by atoms with E-state index in [1.807, 2.05) is 19.2 Å². The summed E-state index contributed by atoms with van der Waals surface area (Å²) in [6, 6.07) is 9.25. The summed E-state index contributed by atoms with van der Waals surface area (Å²) in [6.45, 7) is 17.7. The van der Waals surface area contributed by atoms with E-state index in [9.17, 15) is 9.59 Å². The van der Waals surface area contributed by atoms with E-state index < -0.39 is 29.5 Å². The lowest BCUT2D eigenvalue weighted by Gasteiger charge is -2.55. The van der Waals surface area contributed by atoms with E-state index in [0.29, 0.717) is 62.4 Å². The van der Waals surface area contributed by atoms with E-state index in [1.165, 1.54) is 12.8 Å². The minimum Gasteiger partial charge on any atom is -0.464 e.